The molecule has 0 aliphatic carbocycles. The first-order valence-corrected chi connectivity index (χ1v) is 6.53. The third kappa shape index (κ3) is 4.22. The third-order valence-corrected chi connectivity index (χ3v) is 2.97. The summed E-state index contributed by atoms with van der Waals surface area (Å²) in [6, 6.07) is 6.95. The van der Waals surface area contributed by atoms with Crippen LogP contribution in [0.5, 0.6) is 5.75 Å². The number of rotatable bonds is 6. The summed E-state index contributed by atoms with van der Waals surface area (Å²) in [5.74, 6) is 0.536. The molecule has 1 saturated heterocycles. The Hall–Kier alpha value is -1.59. The molecule has 5 heteroatoms. The molecule has 19 heavy (non-hydrogen) atoms. The third-order valence-electron chi connectivity index (χ3n) is 2.97. The predicted octanol–water partition coefficient (Wildman–Crippen LogP) is 0.966. The minimum Gasteiger partial charge on any atom is -0.491 e. The molecule has 1 aromatic rings. The molecule has 5 nitrogen and oxygen atoms in total. The van der Waals surface area contributed by atoms with Gasteiger partial charge in [0.15, 0.2) is 0 Å². The normalized spacial score (nSPS) is 18.3. The smallest absolute Gasteiger partial charge is 0.251 e. The Balaban J connectivity index is 1.81. The van der Waals surface area contributed by atoms with Gasteiger partial charge in [-0.3, -0.25) is 4.79 Å². The summed E-state index contributed by atoms with van der Waals surface area (Å²) >= 11 is 0. The molecule has 0 radical (unpaired) electrons. The number of benzene rings is 1. The molecule has 1 aliphatic rings. The minimum absolute atomic E-state index is 0.0612. The second-order valence-electron chi connectivity index (χ2n) is 4.45. The molecule has 1 atom stereocenters. The SMILES string of the molecule is O=C(NCCO)c1ccc(OCC2CCCO2)cc1. The van der Waals surface area contributed by atoms with Gasteiger partial charge in [0.05, 0.1) is 12.7 Å². The molecule has 0 saturated carbocycles. The number of ether oxygens (including phenoxy) is 2. The number of carbonyl (C=O) groups excluding carboxylic acids is 1. The fraction of sp³-hybridized carbons (Fsp3) is 0.500. The lowest BCUT2D eigenvalue weighted by Gasteiger charge is -2.11. The van der Waals surface area contributed by atoms with Crippen LogP contribution in [0, 0.1) is 0 Å². The van der Waals surface area contributed by atoms with Gasteiger partial charge in [-0.15, -0.1) is 0 Å². The molecular formula is C14H19NO4. The quantitative estimate of drug-likeness (QED) is 0.804. The molecule has 1 unspecified atom stereocenters. The molecule has 0 aromatic heterocycles. The lowest BCUT2D eigenvalue weighted by Crippen LogP contribution is -2.26. The van der Waals surface area contributed by atoms with Crippen LogP contribution < -0.4 is 10.1 Å². The summed E-state index contributed by atoms with van der Waals surface area (Å²) in [5, 5.41) is 11.2. The van der Waals surface area contributed by atoms with Crippen LogP contribution in [0.1, 0.15) is 23.2 Å². The largest absolute Gasteiger partial charge is 0.491 e. The standard InChI is InChI=1S/C14H19NO4/c16-8-7-15-14(17)11-3-5-12(6-4-11)19-10-13-2-1-9-18-13/h3-6,13,16H,1-2,7-10H2,(H,15,17). The Labute approximate surface area is 112 Å². The van der Waals surface area contributed by atoms with E-state index in [9.17, 15) is 4.79 Å². The number of nitrogens with one attached hydrogen (secondary N) is 1. The summed E-state index contributed by atoms with van der Waals surface area (Å²) in [6.07, 6.45) is 2.33. The zero-order valence-corrected chi connectivity index (χ0v) is 10.8. The number of amides is 1. The molecule has 0 bridgehead atoms. The zero-order chi connectivity index (χ0) is 13.5. The molecule has 1 amide bonds. The van der Waals surface area contributed by atoms with Gasteiger partial charge in [0.2, 0.25) is 0 Å². The fourth-order valence-electron chi connectivity index (χ4n) is 1.94. The summed E-state index contributed by atoms with van der Waals surface area (Å²) in [7, 11) is 0. The van der Waals surface area contributed by atoms with E-state index in [1.165, 1.54) is 0 Å². The second-order valence-corrected chi connectivity index (χ2v) is 4.45. The molecular weight excluding hydrogens is 246 g/mol. The molecule has 2 rings (SSSR count). The molecule has 1 fully saturated rings. The Bertz CT molecular complexity index is 398. The van der Waals surface area contributed by atoms with Crippen LogP contribution in [-0.4, -0.2) is 43.5 Å². The van der Waals surface area contributed by atoms with Crippen LogP contribution in [0.4, 0.5) is 0 Å². The lowest BCUT2D eigenvalue weighted by molar-refractivity contribution is 0.0679. The van der Waals surface area contributed by atoms with Gasteiger partial charge in [-0.05, 0) is 37.1 Å². The van der Waals surface area contributed by atoms with Crippen molar-refractivity contribution in [1.82, 2.24) is 5.32 Å². The Morgan fingerprint density at radius 3 is 2.84 bits per heavy atom. The van der Waals surface area contributed by atoms with Gasteiger partial charge in [0.25, 0.3) is 5.91 Å². The summed E-state index contributed by atoms with van der Waals surface area (Å²) < 4.78 is 11.1. The summed E-state index contributed by atoms with van der Waals surface area (Å²) in [4.78, 5) is 11.6. The van der Waals surface area contributed by atoms with E-state index in [4.69, 9.17) is 14.6 Å². The van der Waals surface area contributed by atoms with Crippen molar-refractivity contribution in [3.63, 3.8) is 0 Å². The maximum Gasteiger partial charge on any atom is 0.251 e. The Morgan fingerprint density at radius 2 is 2.21 bits per heavy atom. The van der Waals surface area contributed by atoms with Crippen LogP contribution in [0.15, 0.2) is 24.3 Å². The van der Waals surface area contributed by atoms with Gasteiger partial charge in [-0.25, -0.2) is 0 Å². The molecule has 1 aromatic carbocycles. The van der Waals surface area contributed by atoms with E-state index in [1.807, 2.05) is 0 Å². The average molecular weight is 265 g/mol. The summed E-state index contributed by atoms with van der Waals surface area (Å²) in [6.45, 7) is 1.57. The highest BCUT2D eigenvalue weighted by atomic mass is 16.5. The number of hydrogen-bond acceptors (Lipinski definition) is 4. The number of aliphatic hydroxyl groups excluding tert-OH is 1. The van der Waals surface area contributed by atoms with Gasteiger partial charge < -0.3 is 19.9 Å². The monoisotopic (exact) mass is 265 g/mol. The number of hydrogen-bond donors (Lipinski definition) is 2. The summed E-state index contributed by atoms with van der Waals surface area (Å²) in [5.41, 5.74) is 0.554. The molecule has 1 aliphatic heterocycles. The van der Waals surface area contributed by atoms with E-state index in [1.54, 1.807) is 24.3 Å². The maximum absolute atomic E-state index is 11.6. The first-order chi connectivity index (χ1) is 9.29. The van der Waals surface area contributed by atoms with Gasteiger partial charge in [0, 0.05) is 18.7 Å². The van der Waals surface area contributed by atoms with Gasteiger partial charge in [-0.1, -0.05) is 0 Å². The van der Waals surface area contributed by atoms with Crippen molar-refractivity contribution in [2.24, 2.45) is 0 Å². The highest BCUT2D eigenvalue weighted by Crippen LogP contribution is 2.16. The van der Waals surface area contributed by atoms with Crippen molar-refractivity contribution in [1.29, 1.82) is 0 Å². The molecule has 2 N–H and O–H groups in total. The minimum atomic E-state index is -0.195. The van der Waals surface area contributed by atoms with E-state index in [-0.39, 0.29) is 25.2 Å². The average Bonchev–Trinajstić information content (AvgIpc) is 2.96. The zero-order valence-electron chi connectivity index (χ0n) is 10.8. The number of carbonyl (C=O) groups is 1. The van der Waals surface area contributed by atoms with Crippen molar-refractivity contribution in [3.05, 3.63) is 29.8 Å². The van der Waals surface area contributed by atoms with Crippen molar-refractivity contribution in [2.45, 2.75) is 18.9 Å². The van der Waals surface area contributed by atoms with Crippen molar-refractivity contribution in [2.75, 3.05) is 26.4 Å². The van der Waals surface area contributed by atoms with Crippen molar-refractivity contribution < 1.29 is 19.4 Å². The van der Waals surface area contributed by atoms with Crippen molar-refractivity contribution in [3.8, 4) is 5.75 Å². The first-order valence-electron chi connectivity index (χ1n) is 6.53. The highest BCUT2D eigenvalue weighted by molar-refractivity contribution is 5.94. The van der Waals surface area contributed by atoms with Crippen molar-refractivity contribution >= 4 is 5.91 Å². The van der Waals surface area contributed by atoms with E-state index in [0.29, 0.717) is 12.2 Å². The second kappa shape index (κ2) is 7.11. The van der Waals surface area contributed by atoms with Crippen LogP contribution >= 0.6 is 0 Å². The Kier molecular flexibility index (Phi) is 5.18. The molecule has 104 valence electrons. The van der Waals surface area contributed by atoms with E-state index >= 15 is 0 Å². The number of aliphatic hydroxyl groups is 1. The maximum atomic E-state index is 11.6. The van der Waals surface area contributed by atoms with Crippen LogP contribution in [0.3, 0.4) is 0 Å². The van der Waals surface area contributed by atoms with E-state index in [0.717, 1.165) is 25.2 Å². The van der Waals surface area contributed by atoms with Crippen LogP contribution in [0.25, 0.3) is 0 Å². The predicted molar refractivity (Wildman–Crippen MR) is 70.3 cm³/mol. The fourth-order valence-corrected chi connectivity index (χ4v) is 1.94. The molecule has 1 heterocycles. The van der Waals surface area contributed by atoms with Gasteiger partial charge in [-0.2, -0.15) is 0 Å². The topological polar surface area (TPSA) is 67.8 Å². The molecule has 0 spiro atoms. The first kappa shape index (κ1) is 13.8. The van der Waals surface area contributed by atoms with Gasteiger partial charge in [0.1, 0.15) is 12.4 Å². The van der Waals surface area contributed by atoms with E-state index < -0.39 is 0 Å². The Morgan fingerprint density at radius 1 is 1.42 bits per heavy atom. The van der Waals surface area contributed by atoms with Crippen LogP contribution in [-0.2, 0) is 4.74 Å². The lowest BCUT2D eigenvalue weighted by atomic mass is 10.2. The van der Waals surface area contributed by atoms with Crippen LogP contribution in [0.2, 0.25) is 0 Å². The van der Waals surface area contributed by atoms with Gasteiger partial charge >= 0.3 is 0 Å². The van der Waals surface area contributed by atoms with E-state index in [2.05, 4.69) is 5.32 Å². The highest BCUT2D eigenvalue weighted by Gasteiger charge is 2.16.